The fourth-order valence-electron chi connectivity index (χ4n) is 2.69. The molecule has 1 N–H and O–H groups in total. The van der Waals surface area contributed by atoms with Crippen LogP contribution in [0.5, 0.6) is 0 Å². The Morgan fingerprint density at radius 2 is 2.00 bits per heavy atom. The van der Waals surface area contributed by atoms with Gasteiger partial charge in [-0.15, -0.1) is 0 Å². The van der Waals surface area contributed by atoms with E-state index in [0.717, 1.165) is 11.1 Å². The van der Waals surface area contributed by atoms with Crippen molar-refractivity contribution in [1.82, 2.24) is 15.2 Å². The Labute approximate surface area is 119 Å². The summed E-state index contributed by atoms with van der Waals surface area (Å²) in [6.45, 7) is 6.37. The van der Waals surface area contributed by atoms with E-state index >= 15 is 0 Å². The average molecular weight is 275 g/mol. The van der Waals surface area contributed by atoms with E-state index in [1.165, 1.54) is 0 Å². The number of piperazine rings is 1. The highest BCUT2D eigenvalue weighted by Crippen LogP contribution is 2.23. The Bertz CT molecular complexity index is 524. The number of pyridine rings is 1. The van der Waals surface area contributed by atoms with Gasteiger partial charge in [-0.2, -0.15) is 0 Å². The number of hydrogen-bond acceptors (Lipinski definition) is 3. The lowest BCUT2D eigenvalue weighted by Crippen LogP contribution is -2.65. The van der Waals surface area contributed by atoms with Gasteiger partial charge in [0.2, 0.25) is 11.8 Å². The summed E-state index contributed by atoms with van der Waals surface area (Å²) in [4.78, 5) is 30.3. The van der Waals surface area contributed by atoms with Crippen molar-refractivity contribution in [3.63, 3.8) is 0 Å². The van der Waals surface area contributed by atoms with E-state index in [1.54, 1.807) is 17.3 Å². The third kappa shape index (κ3) is 2.66. The number of aromatic nitrogens is 1. The molecule has 0 spiro atoms. The molecule has 0 unspecified atom stereocenters. The van der Waals surface area contributed by atoms with Gasteiger partial charge in [0.05, 0.1) is 6.54 Å². The maximum Gasteiger partial charge on any atom is 0.249 e. The molecule has 0 bridgehead atoms. The summed E-state index contributed by atoms with van der Waals surface area (Å²) >= 11 is 0. The highest BCUT2D eigenvalue weighted by molar-refractivity contribution is 5.97. The molecule has 2 amide bonds. The van der Waals surface area contributed by atoms with Crippen LogP contribution in [0.15, 0.2) is 18.5 Å². The summed E-state index contributed by atoms with van der Waals surface area (Å²) in [5, 5.41) is 2.86. The fourth-order valence-corrected chi connectivity index (χ4v) is 2.69. The Morgan fingerprint density at radius 1 is 1.30 bits per heavy atom. The number of amides is 2. The average Bonchev–Trinajstić information content (AvgIpc) is 2.42. The van der Waals surface area contributed by atoms with Crippen molar-refractivity contribution in [3.8, 4) is 0 Å². The van der Waals surface area contributed by atoms with Crippen molar-refractivity contribution in [2.45, 2.75) is 45.7 Å². The number of carbonyl (C=O) groups is 2. The van der Waals surface area contributed by atoms with E-state index in [9.17, 15) is 9.59 Å². The van der Waals surface area contributed by atoms with Crippen molar-refractivity contribution in [2.24, 2.45) is 0 Å². The van der Waals surface area contributed by atoms with Crippen molar-refractivity contribution >= 4 is 11.8 Å². The van der Waals surface area contributed by atoms with E-state index in [1.807, 2.05) is 26.8 Å². The zero-order chi connectivity index (χ0) is 14.8. The molecule has 0 aliphatic carbocycles. The molecule has 5 heteroatoms. The van der Waals surface area contributed by atoms with E-state index in [2.05, 4.69) is 10.3 Å². The molecular formula is C15H21N3O2. The summed E-state index contributed by atoms with van der Waals surface area (Å²) in [6, 6.07) is 1.99. The van der Waals surface area contributed by atoms with Crippen LogP contribution in [0.2, 0.25) is 0 Å². The molecule has 1 aliphatic heterocycles. The van der Waals surface area contributed by atoms with Crippen LogP contribution in [-0.4, -0.2) is 33.8 Å². The molecule has 5 nitrogen and oxygen atoms in total. The second-order valence-corrected chi connectivity index (χ2v) is 5.37. The normalized spacial score (nSPS) is 18.1. The van der Waals surface area contributed by atoms with E-state index in [0.29, 0.717) is 19.4 Å². The summed E-state index contributed by atoms with van der Waals surface area (Å²) in [7, 11) is 0. The predicted molar refractivity (Wildman–Crippen MR) is 75.8 cm³/mol. The summed E-state index contributed by atoms with van der Waals surface area (Å²) in [6.07, 6.45) is 4.73. The Morgan fingerprint density at radius 3 is 2.60 bits per heavy atom. The second-order valence-electron chi connectivity index (χ2n) is 5.37. The highest BCUT2D eigenvalue weighted by atomic mass is 16.2. The number of rotatable bonds is 4. The van der Waals surface area contributed by atoms with Crippen molar-refractivity contribution < 1.29 is 9.59 Å². The zero-order valence-electron chi connectivity index (χ0n) is 12.3. The minimum atomic E-state index is -0.743. The van der Waals surface area contributed by atoms with Gasteiger partial charge >= 0.3 is 0 Å². The van der Waals surface area contributed by atoms with Gasteiger partial charge in [0, 0.05) is 18.9 Å². The first-order chi connectivity index (χ1) is 9.50. The van der Waals surface area contributed by atoms with Gasteiger partial charge in [-0.05, 0) is 30.9 Å². The lowest BCUT2D eigenvalue weighted by atomic mass is 9.89. The zero-order valence-corrected chi connectivity index (χ0v) is 12.3. The van der Waals surface area contributed by atoms with E-state index in [-0.39, 0.29) is 18.4 Å². The van der Waals surface area contributed by atoms with E-state index < -0.39 is 5.54 Å². The monoisotopic (exact) mass is 275 g/mol. The standard InChI is InChI=1S/C15H21N3O2/c1-4-15(5-2)14(20)18(10-13(19)17-15)9-12-6-11(3)7-16-8-12/h6-8H,4-5,9-10H2,1-3H3,(H,17,19). The maximum atomic E-state index is 12.6. The smallest absolute Gasteiger partial charge is 0.249 e. The van der Waals surface area contributed by atoms with Crippen LogP contribution in [-0.2, 0) is 16.1 Å². The van der Waals surface area contributed by atoms with Crippen LogP contribution in [0.4, 0.5) is 0 Å². The molecular weight excluding hydrogens is 254 g/mol. The van der Waals surface area contributed by atoms with Crippen LogP contribution in [0.1, 0.15) is 37.8 Å². The molecule has 2 rings (SSSR count). The quantitative estimate of drug-likeness (QED) is 0.903. The molecule has 0 atom stereocenters. The third-order valence-corrected chi connectivity index (χ3v) is 3.92. The Hall–Kier alpha value is -1.91. The number of nitrogens with one attached hydrogen (secondary N) is 1. The maximum absolute atomic E-state index is 12.6. The summed E-state index contributed by atoms with van der Waals surface area (Å²) in [5.41, 5.74) is 1.26. The number of hydrogen-bond donors (Lipinski definition) is 1. The van der Waals surface area contributed by atoms with Crippen LogP contribution >= 0.6 is 0 Å². The van der Waals surface area contributed by atoms with Gasteiger partial charge < -0.3 is 10.2 Å². The van der Waals surface area contributed by atoms with Gasteiger partial charge in [0.15, 0.2) is 0 Å². The predicted octanol–water partition coefficient (Wildman–Crippen LogP) is 1.41. The van der Waals surface area contributed by atoms with E-state index in [4.69, 9.17) is 0 Å². The molecule has 1 fully saturated rings. The first kappa shape index (κ1) is 14.5. The number of nitrogens with zero attached hydrogens (tertiary/aromatic N) is 2. The van der Waals surface area contributed by atoms with Crippen LogP contribution in [0.3, 0.4) is 0 Å². The fraction of sp³-hybridized carbons (Fsp3) is 0.533. The molecule has 1 aliphatic rings. The van der Waals surface area contributed by atoms with Gasteiger partial charge in [-0.25, -0.2) is 0 Å². The molecule has 108 valence electrons. The van der Waals surface area contributed by atoms with Crippen LogP contribution in [0, 0.1) is 6.92 Å². The third-order valence-electron chi connectivity index (χ3n) is 3.92. The lowest BCUT2D eigenvalue weighted by molar-refractivity contribution is -0.151. The molecule has 1 aromatic rings. The molecule has 0 aromatic carbocycles. The molecule has 0 saturated carbocycles. The molecule has 1 aromatic heterocycles. The topological polar surface area (TPSA) is 62.3 Å². The van der Waals surface area contributed by atoms with Crippen molar-refractivity contribution in [3.05, 3.63) is 29.6 Å². The lowest BCUT2D eigenvalue weighted by Gasteiger charge is -2.41. The molecule has 20 heavy (non-hydrogen) atoms. The van der Waals surface area contributed by atoms with Gasteiger partial charge in [-0.1, -0.05) is 19.9 Å². The number of aryl methyl sites for hydroxylation is 1. The Balaban J connectivity index is 2.22. The van der Waals surface area contributed by atoms with Crippen molar-refractivity contribution in [1.29, 1.82) is 0 Å². The van der Waals surface area contributed by atoms with Crippen LogP contribution < -0.4 is 5.32 Å². The molecule has 0 radical (unpaired) electrons. The summed E-state index contributed by atoms with van der Waals surface area (Å²) in [5.74, 6) is -0.0856. The van der Waals surface area contributed by atoms with Gasteiger partial charge in [0.1, 0.15) is 5.54 Å². The van der Waals surface area contributed by atoms with Gasteiger partial charge in [-0.3, -0.25) is 14.6 Å². The molecule has 1 saturated heterocycles. The Kier molecular flexibility index (Phi) is 4.06. The molecule has 2 heterocycles. The van der Waals surface area contributed by atoms with Crippen LogP contribution in [0.25, 0.3) is 0 Å². The minimum Gasteiger partial charge on any atom is -0.340 e. The van der Waals surface area contributed by atoms with Gasteiger partial charge in [0.25, 0.3) is 0 Å². The van der Waals surface area contributed by atoms with Crippen molar-refractivity contribution in [2.75, 3.05) is 6.54 Å². The second kappa shape index (κ2) is 5.61. The largest absolute Gasteiger partial charge is 0.340 e. The SMILES string of the molecule is CCC1(CC)NC(=O)CN(Cc2cncc(C)c2)C1=O. The minimum absolute atomic E-state index is 0.00334. The first-order valence-corrected chi connectivity index (χ1v) is 7.01. The number of carbonyl (C=O) groups excluding carboxylic acids is 2. The summed E-state index contributed by atoms with van der Waals surface area (Å²) < 4.78 is 0. The first-order valence-electron chi connectivity index (χ1n) is 7.01. The highest BCUT2D eigenvalue weighted by Gasteiger charge is 2.43.